The summed E-state index contributed by atoms with van der Waals surface area (Å²) in [5, 5.41) is 10.2. The van der Waals surface area contributed by atoms with Crippen molar-refractivity contribution in [1.82, 2.24) is 9.80 Å². The first-order valence-corrected chi connectivity index (χ1v) is 12.1. The molecule has 31 heavy (non-hydrogen) atoms. The van der Waals surface area contributed by atoms with Crippen molar-refractivity contribution in [2.45, 2.75) is 39.7 Å². The van der Waals surface area contributed by atoms with Crippen LogP contribution in [0.2, 0.25) is 0 Å². The molecule has 0 bridgehead atoms. The van der Waals surface area contributed by atoms with Crippen LogP contribution in [0.3, 0.4) is 0 Å². The normalized spacial score (nSPS) is 19.0. The van der Waals surface area contributed by atoms with E-state index in [0.717, 1.165) is 68.0 Å². The third kappa shape index (κ3) is 4.66. The SMILES string of the molecule is CN(C)Cc1cc(N2CCN(C)CC2)ccc1-c1sc2c(c1C(=O)O)CC(C)(C)CC2. The van der Waals surface area contributed by atoms with Crippen LogP contribution in [0.1, 0.15) is 46.6 Å². The van der Waals surface area contributed by atoms with Crippen LogP contribution in [0.15, 0.2) is 18.2 Å². The number of benzene rings is 1. The molecule has 2 aromatic rings. The lowest BCUT2D eigenvalue weighted by Gasteiger charge is -2.34. The average molecular weight is 442 g/mol. The summed E-state index contributed by atoms with van der Waals surface area (Å²) >= 11 is 1.71. The zero-order valence-corrected chi connectivity index (χ0v) is 20.3. The number of aryl methyl sites for hydroxylation is 1. The van der Waals surface area contributed by atoms with Crippen molar-refractivity contribution < 1.29 is 9.90 Å². The second kappa shape index (κ2) is 8.57. The summed E-state index contributed by atoms with van der Waals surface area (Å²) < 4.78 is 0. The van der Waals surface area contributed by atoms with E-state index in [2.05, 4.69) is 67.9 Å². The number of hydrogen-bond acceptors (Lipinski definition) is 5. The van der Waals surface area contributed by atoms with Crippen LogP contribution in [0.5, 0.6) is 0 Å². The van der Waals surface area contributed by atoms with Crippen LogP contribution in [-0.2, 0) is 19.4 Å². The highest BCUT2D eigenvalue weighted by Crippen LogP contribution is 2.46. The molecule has 1 aromatic carbocycles. The average Bonchev–Trinajstić information content (AvgIpc) is 3.05. The van der Waals surface area contributed by atoms with Gasteiger partial charge in [0.2, 0.25) is 0 Å². The molecule has 1 fully saturated rings. The number of nitrogens with zero attached hydrogens (tertiary/aromatic N) is 3. The Morgan fingerprint density at radius 2 is 1.90 bits per heavy atom. The van der Waals surface area contributed by atoms with Crippen molar-refractivity contribution in [3.8, 4) is 10.4 Å². The Hall–Kier alpha value is -1.89. The van der Waals surface area contributed by atoms with Gasteiger partial charge in [-0.25, -0.2) is 4.79 Å². The summed E-state index contributed by atoms with van der Waals surface area (Å²) in [6.45, 7) is 9.50. The largest absolute Gasteiger partial charge is 0.478 e. The molecule has 1 saturated heterocycles. The molecule has 1 aromatic heterocycles. The Bertz CT molecular complexity index is 971. The molecule has 2 heterocycles. The van der Waals surface area contributed by atoms with E-state index in [-0.39, 0.29) is 5.41 Å². The molecule has 4 rings (SSSR count). The van der Waals surface area contributed by atoms with Crippen molar-refractivity contribution in [2.75, 3.05) is 52.2 Å². The van der Waals surface area contributed by atoms with Gasteiger partial charge in [0.25, 0.3) is 0 Å². The molecule has 0 saturated carbocycles. The number of aromatic carboxylic acids is 1. The van der Waals surface area contributed by atoms with E-state index in [1.807, 2.05) is 0 Å². The van der Waals surface area contributed by atoms with Gasteiger partial charge in [-0.05, 0) is 74.6 Å². The van der Waals surface area contributed by atoms with Gasteiger partial charge < -0.3 is 19.8 Å². The van der Waals surface area contributed by atoms with Crippen molar-refractivity contribution >= 4 is 23.0 Å². The Labute approximate surface area is 190 Å². The molecule has 0 amide bonds. The fraction of sp³-hybridized carbons (Fsp3) is 0.560. The lowest BCUT2D eigenvalue weighted by atomic mass is 9.76. The predicted octanol–water partition coefficient (Wildman–Crippen LogP) is 4.44. The number of fused-ring (bicyclic) bond motifs is 1. The Morgan fingerprint density at radius 1 is 1.19 bits per heavy atom. The van der Waals surface area contributed by atoms with Gasteiger partial charge in [-0.15, -0.1) is 11.3 Å². The minimum atomic E-state index is -0.788. The van der Waals surface area contributed by atoms with Gasteiger partial charge in [0, 0.05) is 48.2 Å². The van der Waals surface area contributed by atoms with Gasteiger partial charge in [0.05, 0.1) is 5.56 Å². The van der Waals surface area contributed by atoms with Gasteiger partial charge >= 0.3 is 5.97 Å². The topological polar surface area (TPSA) is 47.0 Å². The van der Waals surface area contributed by atoms with E-state index in [1.165, 1.54) is 16.1 Å². The first-order chi connectivity index (χ1) is 14.6. The van der Waals surface area contributed by atoms with Gasteiger partial charge in [-0.1, -0.05) is 19.9 Å². The van der Waals surface area contributed by atoms with E-state index in [4.69, 9.17) is 0 Å². The molecule has 1 aliphatic heterocycles. The van der Waals surface area contributed by atoms with Crippen LogP contribution in [0.25, 0.3) is 10.4 Å². The van der Waals surface area contributed by atoms with E-state index in [9.17, 15) is 9.90 Å². The van der Waals surface area contributed by atoms with Crippen molar-refractivity contribution in [3.05, 3.63) is 39.8 Å². The lowest BCUT2D eigenvalue weighted by molar-refractivity contribution is 0.0696. The Kier molecular flexibility index (Phi) is 6.16. The number of hydrogen-bond donors (Lipinski definition) is 1. The number of rotatable bonds is 5. The quantitative estimate of drug-likeness (QED) is 0.743. The maximum atomic E-state index is 12.4. The molecular formula is C25H35N3O2S. The van der Waals surface area contributed by atoms with Crippen LogP contribution in [0, 0.1) is 5.41 Å². The summed E-state index contributed by atoms with van der Waals surface area (Å²) in [4.78, 5) is 21.6. The Morgan fingerprint density at radius 3 is 2.55 bits per heavy atom. The third-order valence-corrected chi connectivity index (χ3v) is 8.00. The number of likely N-dealkylation sites (N-methyl/N-ethyl adjacent to an activating group) is 1. The molecule has 0 radical (unpaired) electrons. The van der Waals surface area contributed by atoms with Crippen molar-refractivity contribution in [3.63, 3.8) is 0 Å². The summed E-state index contributed by atoms with van der Waals surface area (Å²) in [6, 6.07) is 6.64. The second-order valence-electron chi connectivity index (χ2n) is 10.2. The molecular weight excluding hydrogens is 406 g/mol. The van der Waals surface area contributed by atoms with E-state index >= 15 is 0 Å². The molecule has 6 heteroatoms. The number of carbonyl (C=O) groups is 1. The first-order valence-electron chi connectivity index (χ1n) is 11.2. The maximum Gasteiger partial charge on any atom is 0.337 e. The van der Waals surface area contributed by atoms with Crippen LogP contribution in [0.4, 0.5) is 5.69 Å². The molecule has 1 aliphatic carbocycles. The van der Waals surface area contributed by atoms with E-state index in [1.54, 1.807) is 11.3 Å². The fourth-order valence-electron chi connectivity index (χ4n) is 4.87. The monoisotopic (exact) mass is 441 g/mol. The zero-order chi connectivity index (χ0) is 22.3. The minimum absolute atomic E-state index is 0.160. The van der Waals surface area contributed by atoms with Crippen LogP contribution < -0.4 is 4.90 Å². The number of carboxylic acids is 1. The molecule has 1 N–H and O–H groups in total. The van der Waals surface area contributed by atoms with Crippen LogP contribution in [-0.4, -0.2) is 68.2 Å². The van der Waals surface area contributed by atoms with Gasteiger partial charge in [0.1, 0.15) is 0 Å². The zero-order valence-electron chi connectivity index (χ0n) is 19.5. The highest BCUT2D eigenvalue weighted by Gasteiger charge is 2.33. The minimum Gasteiger partial charge on any atom is -0.478 e. The number of anilines is 1. The van der Waals surface area contributed by atoms with Crippen LogP contribution >= 0.6 is 11.3 Å². The number of thiophene rings is 1. The van der Waals surface area contributed by atoms with Gasteiger partial charge in [-0.3, -0.25) is 0 Å². The number of carboxylic acid groups (broad SMARTS) is 1. The highest BCUT2D eigenvalue weighted by atomic mass is 32.1. The van der Waals surface area contributed by atoms with Crippen molar-refractivity contribution in [2.24, 2.45) is 5.41 Å². The standard InChI is InChI=1S/C25H35N3O2S/c1-25(2)9-8-21-20(15-25)22(24(29)30)23(31-21)19-7-6-18(14-17(19)16-26(3)4)28-12-10-27(5)11-13-28/h6-7,14H,8-13,15-16H2,1-5H3,(H,29,30). The molecule has 0 unspecified atom stereocenters. The summed E-state index contributed by atoms with van der Waals surface area (Å²) in [5.74, 6) is -0.788. The summed E-state index contributed by atoms with van der Waals surface area (Å²) in [7, 11) is 6.32. The molecule has 0 spiro atoms. The predicted molar refractivity (Wildman–Crippen MR) is 130 cm³/mol. The third-order valence-electron chi connectivity index (χ3n) is 6.68. The van der Waals surface area contributed by atoms with E-state index < -0.39 is 5.97 Å². The molecule has 5 nitrogen and oxygen atoms in total. The maximum absolute atomic E-state index is 12.4. The highest BCUT2D eigenvalue weighted by molar-refractivity contribution is 7.16. The first kappa shape index (κ1) is 22.3. The summed E-state index contributed by atoms with van der Waals surface area (Å²) in [5.41, 5.74) is 5.31. The molecule has 2 aliphatic rings. The van der Waals surface area contributed by atoms with Gasteiger partial charge in [0.15, 0.2) is 0 Å². The molecule has 0 atom stereocenters. The van der Waals surface area contributed by atoms with Gasteiger partial charge in [-0.2, -0.15) is 0 Å². The summed E-state index contributed by atoms with van der Waals surface area (Å²) in [6.07, 6.45) is 2.95. The number of piperazine rings is 1. The van der Waals surface area contributed by atoms with Crippen molar-refractivity contribution in [1.29, 1.82) is 0 Å². The van der Waals surface area contributed by atoms with E-state index in [0.29, 0.717) is 5.56 Å². The smallest absolute Gasteiger partial charge is 0.337 e. The lowest BCUT2D eigenvalue weighted by Crippen LogP contribution is -2.44. The Balaban J connectivity index is 1.78. The second-order valence-corrected chi connectivity index (χ2v) is 11.3. The molecule has 168 valence electrons. The fourth-order valence-corrected chi connectivity index (χ4v) is 6.24.